The van der Waals surface area contributed by atoms with Crippen molar-refractivity contribution in [3.05, 3.63) is 79.5 Å². The van der Waals surface area contributed by atoms with Gasteiger partial charge in [-0.05, 0) is 60.7 Å². The van der Waals surface area contributed by atoms with Crippen LogP contribution in [0, 0.1) is 6.92 Å². The number of amides is 2. The number of hydrogen-bond donors (Lipinski definition) is 2. The summed E-state index contributed by atoms with van der Waals surface area (Å²) in [5.41, 5.74) is 2.90. The molecule has 0 atom stereocenters. The van der Waals surface area contributed by atoms with Gasteiger partial charge in [0.25, 0.3) is 11.8 Å². The maximum absolute atomic E-state index is 12.5. The van der Waals surface area contributed by atoms with E-state index in [1.807, 2.05) is 25.1 Å². The van der Waals surface area contributed by atoms with Crippen LogP contribution < -0.4 is 5.32 Å². The molecule has 0 spiro atoms. The van der Waals surface area contributed by atoms with Gasteiger partial charge in [0.05, 0.1) is 22.2 Å². The Kier molecular flexibility index (Phi) is 7.29. The molecule has 30 heavy (non-hydrogen) atoms. The Labute approximate surface area is 190 Å². The lowest BCUT2D eigenvalue weighted by Gasteiger charge is -2.17. The van der Waals surface area contributed by atoms with Gasteiger partial charge >= 0.3 is 0 Å². The molecule has 1 aliphatic rings. The lowest BCUT2D eigenvalue weighted by molar-refractivity contribution is -0.128. The standard InChI is InChI=1S/C22H21Cl3N2O3/c1-13-7-15(9-16(23)8-13)11-27-12-17(20(28)22(27)30)21(29)26-6-2-3-14-4-5-18(24)19(25)10-14/h4-5,7-10,28H,2-3,6,11-12H2,1H3,(H,26,29). The number of hydrogen-bond acceptors (Lipinski definition) is 3. The molecule has 2 N–H and O–H groups in total. The van der Waals surface area contributed by atoms with Crippen LogP contribution in [0.3, 0.4) is 0 Å². The van der Waals surface area contributed by atoms with Crippen molar-refractivity contribution >= 4 is 46.6 Å². The summed E-state index contributed by atoms with van der Waals surface area (Å²) in [5.74, 6) is -1.51. The molecule has 2 aromatic rings. The second-order valence-electron chi connectivity index (χ2n) is 7.23. The molecule has 8 heteroatoms. The summed E-state index contributed by atoms with van der Waals surface area (Å²) in [7, 11) is 0. The Morgan fingerprint density at radius 2 is 1.87 bits per heavy atom. The topological polar surface area (TPSA) is 69.6 Å². The van der Waals surface area contributed by atoms with E-state index in [9.17, 15) is 14.7 Å². The molecule has 0 bridgehead atoms. The van der Waals surface area contributed by atoms with Crippen molar-refractivity contribution in [3.63, 3.8) is 0 Å². The highest BCUT2D eigenvalue weighted by Crippen LogP contribution is 2.24. The first kappa shape index (κ1) is 22.5. The van der Waals surface area contributed by atoms with Crippen LogP contribution >= 0.6 is 34.8 Å². The van der Waals surface area contributed by atoms with E-state index in [1.54, 1.807) is 18.2 Å². The van der Waals surface area contributed by atoms with Gasteiger partial charge in [-0.3, -0.25) is 9.59 Å². The van der Waals surface area contributed by atoms with E-state index in [4.69, 9.17) is 34.8 Å². The Bertz CT molecular complexity index is 1000. The van der Waals surface area contributed by atoms with Crippen LogP contribution in [-0.2, 0) is 22.6 Å². The zero-order valence-electron chi connectivity index (χ0n) is 16.3. The molecule has 158 valence electrons. The van der Waals surface area contributed by atoms with Gasteiger partial charge in [-0.15, -0.1) is 0 Å². The van der Waals surface area contributed by atoms with E-state index in [-0.39, 0.29) is 18.7 Å². The number of carbonyl (C=O) groups is 2. The van der Waals surface area contributed by atoms with E-state index in [0.717, 1.165) is 16.7 Å². The van der Waals surface area contributed by atoms with Crippen molar-refractivity contribution in [2.24, 2.45) is 0 Å². The number of carbonyl (C=O) groups excluding carboxylic acids is 2. The number of nitrogens with zero attached hydrogens (tertiary/aromatic N) is 1. The average molecular weight is 468 g/mol. The molecular weight excluding hydrogens is 447 g/mol. The summed E-state index contributed by atoms with van der Waals surface area (Å²) in [4.78, 5) is 26.2. The van der Waals surface area contributed by atoms with Gasteiger partial charge in [0.1, 0.15) is 0 Å². The first-order chi connectivity index (χ1) is 14.2. The molecule has 2 aromatic carbocycles. The van der Waals surface area contributed by atoms with Gasteiger partial charge in [-0.1, -0.05) is 46.9 Å². The van der Waals surface area contributed by atoms with Gasteiger partial charge in [0.2, 0.25) is 0 Å². The maximum atomic E-state index is 12.5. The van der Waals surface area contributed by atoms with Crippen molar-refractivity contribution in [1.82, 2.24) is 10.2 Å². The van der Waals surface area contributed by atoms with Crippen molar-refractivity contribution in [2.75, 3.05) is 13.1 Å². The number of benzene rings is 2. The molecule has 1 aliphatic heterocycles. The summed E-state index contributed by atoms with van der Waals surface area (Å²) < 4.78 is 0. The van der Waals surface area contributed by atoms with Gasteiger partial charge < -0.3 is 15.3 Å². The molecule has 2 amide bonds. The molecule has 0 unspecified atom stereocenters. The highest BCUT2D eigenvalue weighted by Gasteiger charge is 2.33. The highest BCUT2D eigenvalue weighted by atomic mass is 35.5. The summed E-state index contributed by atoms with van der Waals surface area (Å²) in [6, 6.07) is 10.9. The van der Waals surface area contributed by atoms with Crippen LogP contribution in [-0.4, -0.2) is 34.9 Å². The lowest BCUT2D eigenvalue weighted by atomic mass is 10.1. The fourth-order valence-electron chi connectivity index (χ4n) is 3.34. The van der Waals surface area contributed by atoms with Crippen LogP contribution in [0.2, 0.25) is 15.1 Å². The lowest BCUT2D eigenvalue weighted by Crippen LogP contribution is -2.30. The van der Waals surface area contributed by atoms with Crippen LogP contribution in [0.15, 0.2) is 47.7 Å². The molecular formula is C22H21Cl3N2O3. The smallest absolute Gasteiger partial charge is 0.289 e. The van der Waals surface area contributed by atoms with Crippen LogP contribution in [0.1, 0.15) is 23.1 Å². The number of nitrogens with one attached hydrogen (secondary N) is 1. The second kappa shape index (κ2) is 9.73. The Hall–Kier alpha value is -2.21. The minimum absolute atomic E-state index is 0.0504. The number of aliphatic hydroxyl groups is 1. The third-order valence-corrected chi connectivity index (χ3v) is 5.74. The van der Waals surface area contributed by atoms with Crippen LogP contribution in [0.5, 0.6) is 0 Å². The normalized spacial score (nSPS) is 13.9. The quantitative estimate of drug-likeness (QED) is 0.571. The van der Waals surface area contributed by atoms with Gasteiger partial charge in [-0.2, -0.15) is 0 Å². The number of aliphatic hydroxyl groups excluding tert-OH is 1. The zero-order valence-corrected chi connectivity index (χ0v) is 18.6. The monoisotopic (exact) mass is 466 g/mol. The minimum atomic E-state index is -0.561. The Balaban J connectivity index is 1.52. The average Bonchev–Trinajstić information content (AvgIpc) is 2.95. The number of rotatable bonds is 7. The third kappa shape index (κ3) is 5.48. The van der Waals surface area contributed by atoms with Gasteiger partial charge in [0.15, 0.2) is 5.76 Å². The van der Waals surface area contributed by atoms with E-state index >= 15 is 0 Å². The maximum Gasteiger partial charge on any atom is 0.289 e. The van der Waals surface area contributed by atoms with Gasteiger partial charge in [0, 0.05) is 18.1 Å². The number of halogens is 3. The molecule has 5 nitrogen and oxygen atoms in total. The summed E-state index contributed by atoms with van der Waals surface area (Å²) in [6.45, 7) is 2.62. The van der Waals surface area contributed by atoms with Gasteiger partial charge in [-0.25, -0.2) is 0 Å². The fraction of sp³-hybridized carbons (Fsp3) is 0.273. The van der Waals surface area contributed by atoms with E-state index in [2.05, 4.69) is 5.32 Å². The molecule has 3 rings (SSSR count). The molecule has 0 saturated heterocycles. The van der Waals surface area contributed by atoms with Crippen molar-refractivity contribution in [3.8, 4) is 0 Å². The summed E-state index contributed by atoms with van der Waals surface area (Å²) >= 11 is 18.0. The Morgan fingerprint density at radius 3 is 2.57 bits per heavy atom. The number of aryl methyl sites for hydroxylation is 2. The summed E-state index contributed by atoms with van der Waals surface area (Å²) in [5, 5.41) is 14.5. The molecule has 0 saturated carbocycles. The SMILES string of the molecule is Cc1cc(Cl)cc(CN2CC(C(=O)NCCCc3ccc(Cl)c(Cl)c3)=C(O)C2=O)c1. The summed E-state index contributed by atoms with van der Waals surface area (Å²) in [6.07, 6.45) is 1.39. The van der Waals surface area contributed by atoms with Crippen molar-refractivity contribution in [1.29, 1.82) is 0 Å². The molecule has 0 radical (unpaired) electrons. The second-order valence-corrected chi connectivity index (χ2v) is 8.48. The van der Waals surface area contributed by atoms with Crippen LogP contribution in [0.4, 0.5) is 0 Å². The highest BCUT2D eigenvalue weighted by molar-refractivity contribution is 6.42. The van der Waals surface area contributed by atoms with Crippen molar-refractivity contribution in [2.45, 2.75) is 26.3 Å². The van der Waals surface area contributed by atoms with E-state index in [0.29, 0.717) is 34.5 Å². The predicted octanol–water partition coefficient (Wildman–Crippen LogP) is 4.86. The zero-order chi connectivity index (χ0) is 21.8. The fourth-order valence-corrected chi connectivity index (χ4v) is 3.98. The minimum Gasteiger partial charge on any atom is -0.503 e. The molecule has 0 aliphatic carbocycles. The largest absolute Gasteiger partial charge is 0.503 e. The van der Waals surface area contributed by atoms with Crippen LogP contribution in [0.25, 0.3) is 0 Å². The Morgan fingerprint density at radius 1 is 1.10 bits per heavy atom. The van der Waals surface area contributed by atoms with E-state index in [1.165, 1.54) is 4.90 Å². The van der Waals surface area contributed by atoms with E-state index < -0.39 is 17.6 Å². The first-order valence-electron chi connectivity index (χ1n) is 9.44. The van der Waals surface area contributed by atoms with Crippen molar-refractivity contribution < 1.29 is 14.7 Å². The third-order valence-electron chi connectivity index (χ3n) is 4.79. The first-order valence-corrected chi connectivity index (χ1v) is 10.6. The predicted molar refractivity (Wildman–Crippen MR) is 119 cm³/mol. The molecule has 0 fully saturated rings. The molecule has 1 heterocycles. The molecule has 0 aromatic heterocycles.